The van der Waals surface area contributed by atoms with E-state index in [0.717, 1.165) is 11.3 Å². The molecule has 0 aliphatic heterocycles. The Kier molecular flexibility index (Phi) is 3.67. The van der Waals surface area contributed by atoms with E-state index in [-0.39, 0.29) is 5.91 Å². The lowest BCUT2D eigenvalue weighted by molar-refractivity contribution is 0.0786. The number of rotatable bonds is 4. The Labute approximate surface area is 106 Å². The quantitative estimate of drug-likeness (QED) is 0.899. The van der Waals surface area contributed by atoms with Gasteiger partial charge in [0.25, 0.3) is 5.91 Å². The molecule has 0 unspecified atom stereocenters. The molecular formula is C14H16N2O2. The molecule has 1 N–H and O–H groups in total. The third kappa shape index (κ3) is 2.53. The van der Waals surface area contributed by atoms with E-state index in [9.17, 15) is 4.79 Å². The number of hydrogen-bond acceptors (Lipinski definition) is 3. The Balaban J connectivity index is 2.15. The maximum absolute atomic E-state index is 12.3. The minimum Gasteiger partial charge on any atom is -0.472 e. The second-order valence-electron chi connectivity index (χ2n) is 4.09. The Morgan fingerprint density at radius 2 is 2.11 bits per heavy atom. The van der Waals surface area contributed by atoms with E-state index in [4.69, 9.17) is 4.42 Å². The van der Waals surface area contributed by atoms with Crippen molar-refractivity contribution in [3.05, 3.63) is 54.0 Å². The van der Waals surface area contributed by atoms with Crippen LogP contribution in [0.1, 0.15) is 15.9 Å². The summed E-state index contributed by atoms with van der Waals surface area (Å²) >= 11 is 0. The molecular weight excluding hydrogens is 228 g/mol. The fourth-order valence-corrected chi connectivity index (χ4v) is 1.82. The van der Waals surface area contributed by atoms with Crippen LogP contribution in [-0.2, 0) is 6.54 Å². The minimum atomic E-state index is -0.0128. The molecule has 1 aromatic heterocycles. The van der Waals surface area contributed by atoms with Gasteiger partial charge >= 0.3 is 0 Å². The minimum absolute atomic E-state index is 0.0128. The number of anilines is 1. The highest BCUT2D eigenvalue weighted by atomic mass is 16.3. The van der Waals surface area contributed by atoms with Crippen molar-refractivity contribution in [1.29, 1.82) is 0 Å². The van der Waals surface area contributed by atoms with Gasteiger partial charge < -0.3 is 14.6 Å². The highest BCUT2D eigenvalue weighted by Crippen LogP contribution is 2.17. The molecule has 0 aliphatic rings. The molecule has 0 atom stereocenters. The zero-order chi connectivity index (χ0) is 13.0. The molecule has 1 aromatic carbocycles. The summed E-state index contributed by atoms with van der Waals surface area (Å²) in [6.45, 7) is 0.535. The number of carbonyl (C=O) groups is 1. The fraction of sp³-hybridized carbons (Fsp3) is 0.214. The van der Waals surface area contributed by atoms with Crippen LogP contribution in [0, 0.1) is 0 Å². The van der Waals surface area contributed by atoms with Gasteiger partial charge in [0.1, 0.15) is 0 Å². The number of para-hydroxylation sites is 1. The number of nitrogens with one attached hydrogen (secondary N) is 1. The first-order chi connectivity index (χ1) is 8.72. The van der Waals surface area contributed by atoms with Crippen molar-refractivity contribution < 1.29 is 9.21 Å². The normalized spacial score (nSPS) is 10.1. The van der Waals surface area contributed by atoms with E-state index in [0.29, 0.717) is 12.1 Å². The SMILES string of the molecule is CNc1ccccc1C(=O)N(C)Cc1ccoc1. The molecule has 0 saturated carbocycles. The lowest BCUT2D eigenvalue weighted by Gasteiger charge is -2.18. The van der Waals surface area contributed by atoms with E-state index in [1.165, 1.54) is 0 Å². The zero-order valence-corrected chi connectivity index (χ0v) is 10.5. The Morgan fingerprint density at radius 3 is 2.78 bits per heavy atom. The predicted molar refractivity (Wildman–Crippen MR) is 70.5 cm³/mol. The smallest absolute Gasteiger partial charge is 0.255 e. The van der Waals surface area contributed by atoms with E-state index in [2.05, 4.69) is 5.32 Å². The van der Waals surface area contributed by atoms with Gasteiger partial charge in [-0.05, 0) is 18.2 Å². The molecule has 94 valence electrons. The number of hydrogen-bond donors (Lipinski definition) is 1. The molecule has 0 spiro atoms. The van der Waals surface area contributed by atoms with Crippen LogP contribution < -0.4 is 5.32 Å². The maximum Gasteiger partial charge on any atom is 0.255 e. The van der Waals surface area contributed by atoms with Gasteiger partial charge in [0.15, 0.2) is 0 Å². The number of nitrogens with zero attached hydrogens (tertiary/aromatic N) is 1. The van der Waals surface area contributed by atoms with Gasteiger partial charge in [0.05, 0.1) is 18.1 Å². The largest absolute Gasteiger partial charge is 0.472 e. The number of amides is 1. The average molecular weight is 244 g/mol. The van der Waals surface area contributed by atoms with Crippen molar-refractivity contribution in [2.24, 2.45) is 0 Å². The summed E-state index contributed by atoms with van der Waals surface area (Å²) in [4.78, 5) is 14.0. The highest BCUT2D eigenvalue weighted by Gasteiger charge is 2.15. The first-order valence-corrected chi connectivity index (χ1v) is 5.75. The van der Waals surface area contributed by atoms with Crippen LogP contribution in [0.25, 0.3) is 0 Å². The first-order valence-electron chi connectivity index (χ1n) is 5.75. The third-order valence-electron chi connectivity index (χ3n) is 2.77. The summed E-state index contributed by atoms with van der Waals surface area (Å²) in [5.41, 5.74) is 2.49. The summed E-state index contributed by atoms with van der Waals surface area (Å²) in [5.74, 6) is -0.0128. The predicted octanol–water partition coefficient (Wildman–Crippen LogP) is 2.59. The number of carbonyl (C=O) groups excluding carboxylic acids is 1. The lowest BCUT2D eigenvalue weighted by Crippen LogP contribution is -2.26. The molecule has 4 nitrogen and oxygen atoms in total. The molecule has 18 heavy (non-hydrogen) atoms. The second kappa shape index (κ2) is 5.40. The van der Waals surface area contributed by atoms with Gasteiger partial charge in [-0.3, -0.25) is 4.79 Å². The van der Waals surface area contributed by atoms with Crippen LogP contribution in [0.4, 0.5) is 5.69 Å². The summed E-state index contributed by atoms with van der Waals surface area (Å²) in [7, 11) is 3.59. The standard InChI is InChI=1S/C14H16N2O2/c1-15-13-6-4-3-5-12(13)14(17)16(2)9-11-7-8-18-10-11/h3-8,10,15H,9H2,1-2H3. The zero-order valence-electron chi connectivity index (χ0n) is 10.5. The first kappa shape index (κ1) is 12.2. The van der Waals surface area contributed by atoms with Crippen LogP contribution in [0.2, 0.25) is 0 Å². The molecule has 2 aromatic rings. The van der Waals surface area contributed by atoms with Crippen LogP contribution >= 0.6 is 0 Å². The monoisotopic (exact) mass is 244 g/mol. The summed E-state index contributed by atoms with van der Waals surface area (Å²) in [5, 5.41) is 3.02. The van der Waals surface area contributed by atoms with Crippen molar-refractivity contribution in [3.63, 3.8) is 0 Å². The third-order valence-corrected chi connectivity index (χ3v) is 2.77. The van der Waals surface area contributed by atoms with Crippen molar-refractivity contribution in [3.8, 4) is 0 Å². The molecule has 1 amide bonds. The van der Waals surface area contributed by atoms with Crippen molar-refractivity contribution in [2.75, 3.05) is 19.4 Å². The maximum atomic E-state index is 12.3. The van der Waals surface area contributed by atoms with Gasteiger partial charge in [0, 0.05) is 31.9 Å². The van der Waals surface area contributed by atoms with Crippen molar-refractivity contribution in [1.82, 2.24) is 4.90 Å². The molecule has 0 fully saturated rings. The fourth-order valence-electron chi connectivity index (χ4n) is 1.82. The van der Waals surface area contributed by atoms with Crippen LogP contribution in [0.5, 0.6) is 0 Å². The highest BCUT2D eigenvalue weighted by molar-refractivity contribution is 5.99. The Morgan fingerprint density at radius 1 is 1.33 bits per heavy atom. The molecule has 0 bridgehead atoms. The second-order valence-corrected chi connectivity index (χ2v) is 4.09. The van der Waals surface area contributed by atoms with E-state index < -0.39 is 0 Å². The van der Waals surface area contributed by atoms with Crippen molar-refractivity contribution in [2.45, 2.75) is 6.54 Å². The summed E-state index contributed by atoms with van der Waals surface area (Å²) in [6, 6.07) is 9.32. The molecule has 2 rings (SSSR count). The van der Waals surface area contributed by atoms with Gasteiger partial charge in [-0.25, -0.2) is 0 Å². The Bertz CT molecular complexity index is 520. The average Bonchev–Trinajstić information content (AvgIpc) is 2.90. The lowest BCUT2D eigenvalue weighted by atomic mass is 10.1. The molecule has 4 heteroatoms. The van der Waals surface area contributed by atoms with E-state index >= 15 is 0 Å². The van der Waals surface area contributed by atoms with Gasteiger partial charge in [-0.1, -0.05) is 12.1 Å². The topological polar surface area (TPSA) is 45.5 Å². The van der Waals surface area contributed by atoms with E-state index in [1.54, 1.807) is 24.5 Å². The van der Waals surface area contributed by atoms with Crippen LogP contribution in [-0.4, -0.2) is 24.9 Å². The molecule has 0 radical (unpaired) electrons. The molecule has 1 heterocycles. The van der Waals surface area contributed by atoms with Crippen LogP contribution in [0.3, 0.4) is 0 Å². The summed E-state index contributed by atoms with van der Waals surface area (Å²) < 4.78 is 5.00. The van der Waals surface area contributed by atoms with Gasteiger partial charge in [-0.15, -0.1) is 0 Å². The number of furan rings is 1. The molecule has 0 aliphatic carbocycles. The van der Waals surface area contributed by atoms with Gasteiger partial charge in [-0.2, -0.15) is 0 Å². The van der Waals surface area contributed by atoms with Crippen LogP contribution in [0.15, 0.2) is 47.3 Å². The number of benzene rings is 1. The van der Waals surface area contributed by atoms with E-state index in [1.807, 2.05) is 37.4 Å². The molecule has 0 saturated heterocycles. The Hall–Kier alpha value is -2.23. The van der Waals surface area contributed by atoms with Gasteiger partial charge in [0.2, 0.25) is 0 Å². The summed E-state index contributed by atoms with van der Waals surface area (Å²) in [6.07, 6.45) is 3.25. The van der Waals surface area contributed by atoms with Crippen molar-refractivity contribution >= 4 is 11.6 Å².